The smallest absolute Gasteiger partial charge is 0.416 e. The molecule has 0 saturated heterocycles. The zero-order valence-corrected chi connectivity index (χ0v) is 21.6. The van der Waals surface area contributed by atoms with Crippen molar-refractivity contribution in [1.29, 1.82) is 0 Å². The molecule has 6 nitrogen and oxygen atoms in total. The third-order valence-corrected chi connectivity index (χ3v) is 6.08. The summed E-state index contributed by atoms with van der Waals surface area (Å²) < 4.78 is 55.5. The third kappa shape index (κ3) is 7.64. The molecule has 0 unspecified atom stereocenters. The summed E-state index contributed by atoms with van der Waals surface area (Å²) in [5.74, 6) is 1.43. The van der Waals surface area contributed by atoms with Crippen LogP contribution in [-0.4, -0.2) is 25.0 Å². The third-order valence-electron chi connectivity index (χ3n) is 6.08. The molecular formula is C30H29F3N2O4. The standard InChI is InChI=1S/C30H29F3N2O4/c1-37-26-13-11-23(16-28(26)38-2)19-35(18-21-7-4-3-5-8-21)20-25-12-14-27(39-25)29(36)34-17-22-9-6-10-24(15-22)30(31,32)33/h3-16H,17-20H2,1-2H3,(H,34,36). The number of alkyl halides is 3. The van der Waals surface area contributed by atoms with Crippen LogP contribution in [0, 0.1) is 0 Å². The summed E-state index contributed by atoms with van der Waals surface area (Å²) in [5, 5.41) is 2.62. The van der Waals surface area contributed by atoms with E-state index in [0.717, 1.165) is 23.3 Å². The van der Waals surface area contributed by atoms with Gasteiger partial charge in [0.15, 0.2) is 17.3 Å². The van der Waals surface area contributed by atoms with E-state index in [-0.39, 0.29) is 12.3 Å². The largest absolute Gasteiger partial charge is 0.493 e. The van der Waals surface area contributed by atoms with E-state index < -0.39 is 17.6 Å². The second kappa shape index (κ2) is 12.5. The van der Waals surface area contributed by atoms with Crippen LogP contribution in [0.3, 0.4) is 0 Å². The van der Waals surface area contributed by atoms with Gasteiger partial charge in [0.2, 0.25) is 0 Å². The quantitative estimate of drug-likeness (QED) is 0.238. The Balaban J connectivity index is 1.44. The van der Waals surface area contributed by atoms with Crippen molar-refractivity contribution in [3.05, 3.63) is 119 Å². The maximum atomic E-state index is 13.0. The SMILES string of the molecule is COc1ccc(CN(Cc2ccccc2)Cc2ccc(C(=O)NCc3cccc(C(F)(F)F)c3)o2)cc1OC. The van der Waals surface area contributed by atoms with Gasteiger partial charge in [0.05, 0.1) is 26.3 Å². The van der Waals surface area contributed by atoms with E-state index in [1.807, 2.05) is 48.5 Å². The second-order valence-electron chi connectivity index (χ2n) is 8.97. The van der Waals surface area contributed by atoms with Gasteiger partial charge >= 0.3 is 6.18 Å². The number of nitrogens with zero attached hydrogens (tertiary/aromatic N) is 1. The number of hydrogen-bond donors (Lipinski definition) is 1. The summed E-state index contributed by atoms with van der Waals surface area (Å²) in [6.45, 7) is 1.57. The maximum absolute atomic E-state index is 13.0. The first-order chi connectivity index (χ1) is 18.7. The van der Waals surface area contributed by atoms with Crippen LogP contribution in [0.15, 0.2) is 89.3 Å². The summed E-state index contributed by atoms with van der Waals surface area (Å²) in [4.78, 5) is 14.8. The van der Waals surface area contributed by atoms with Gasteiger partial charge in [-0.15, -0.1) is 0 Å². The van der Waals surface area contributed by atoms with E-state index in [1.165, 1.54) is 12.1 Å². The summed E-state index contributed by atoms with van der Waals surface area (Å²) in [6.07, 6.45) is -4.45. The van der Waals surface area contributed by atoms with Crippen LogP contribution in [0.25, 0.3) is 0 Å². The molecule has 4 rings (SSSR count). The van der Waals surface area contributed by atoms with Crippen molar-refractivity contribution in [2.24, 2.45) is 0 Å². The molecule has 0 radical (unpaired) electrons. The minimum atomic E-state index is -4.45. The predicted octanol–water partition coefficient (Wildman–Crippen LogP) is 6.45. The van der Waals surface area contributed by atoms with Gasteiger partial charge in [-0.3, -0.25) is 9.69 Å². The van der Waals surface area contributed by atoms with E-state index >= 15 is 0 Å². The highest BCUT2D eigenvalue weighted by atomic mass is 19.4. The maximum Gasteiger partial charge on any atom is 0.416 e. The number of benzene rings is 3. The molecule has 39 heavy (non-hydrogen) atoms. The number of ether oxygens (including phenoxy) is 2. The first-order valence-electron chi connectivity index (χ1n) is 12.3. The van der Waals surface area contributed by atoms with Crippen LogP contribution in [0.5, 0.6) is 11.5 Å². The average Bonchev–Trinajstić information content (AvgIpc) is 3.40. The number of furan rings is 1. The Morgan fingerprint density at radius 2 is 1.51 bits per heavy atom. The molecule has 204 valence electrons. The van der Waals surface area contributed by atoms with Crippen LogP contribution < -0.4 is 14.8 Å². The Morgan fingerprint density at radius 3 is 2.23 bits per heavy atom. The molecule has 1 aromatic heterocycles. The molecule has 0 spiro atoms. The molecule has 1 heterocycles. The van der Waals surface area contributed by atoms with Crippen LogP contribution in [0.2, 0.25) is 0 Å². The normalized spacial score (nSPS) is 11.4. The number of amides is 1. The molecule has 1 N–H and O–H groups in total. The summed E-state index contributed by atoms with van der Waals surface area (Å²) in [5.41, 5.74) is 1.70. The number of nitrogens with one attached hydrogen (secondary N) is 1. The van der Waals surface area contributed by atoms with Gasteiger partial charge < -0.3 is 19.2 Å². The molecule has 0 bridgehead atoms. The van der Waals surface area contributed by atoms with Crippen LogP contribution in [-0.2, 0) is 32.4 Å². The van der Waals surface area contributed by atoms with Gasteiger partial charge in [0, 0.05) is 19.6 Å². The minimum Gasteiger partial charge on any atom is -0.493 e. The second-order valence-corrected chi connectivity index (χ2v) is 8.97. The van der Waals surface area contributed by atoms with Gasteiger partial charge in [0.25, 0.3) is 5.91 Å². The van der Waals surface area contributed by atoms with Crippen molar-refractivity contribution >= 4 is 5.91 Å². The fourth-order valence-corrected chi connectivity index (χ4v) is 4.18. The van der Waals surface area contributed by atoms with Crippen molar-refractivity contribution in [1.82, 2.24) is 10.2 Å². The summed E-state index contributed by atoms with van der Waals surface area (Å²) >= 11 is 0. The van der Waals surface area contributed by atoms with E-state index in [4.69, 9.17) is 13.9 Å². The van der Waals surface area contributed by atoms with Crippen molar-refractivity contribution in [3.8, 4) is 11.5 Å². The zero-order valence-electron chi connectivity index (χ0n) is 21.6. The topological polar surface area (TPSA) is 63.9 Å². The van der Waals surface area contributed by atoms with E-state index in [2.05, 4.69) is 10.2 Å². The summed E-state index contributed by atoms with van der Waals surface area (Å²) in [7, 11) is 3.18. The monoisotopic (exact) mass is 538 g/mol. The molecule has 0 fully saturated rings. The van der Waals surface area contributed by atoms with Gasteiger partial charge in [-0.1, -0.05) is 48.5 Å². The highest BCUT2D eigenvalue weighted by Gasteiger charge is 2.30. The van der Waals surface area contributed by atoms with Crippen molar-refractivity contribution in [2.75, 3.05) is 14.2 Å². The molecule has 9 heteroatoms. The number of hydrogen-bond acceptors (Lipinski definition) is 5. The molecule has 0 atom stereocenters. The lowest BCUT2D eigenvalue weighted by Crippen LogP contribution is -2.23. The van der Waals surface area contributed by atoms with Gasteiger partial charge in [0.1, 0.15) is 5.76 Å². The van der Waals surface area contributed by atoms with Gasteiger partial charge in [-0.2, -0.15) is 13.2 Å². The van der Waals surface area contributed by atoms with E-state index in [1.54, 1.807) is 26.4 Å². The molecule has 4 aromatic rings. The number of methoxy groups -OCH3 is 2. The molecule has 0 aliphatic rings. The fraction of sp³-hybridized carbons (Fsp3) is 0.233. The number of rotatable bonds is 11. The zero-order chi connectivity index (χ0) is 27.8. The Morgan fingerprint density at radius 1 is 0.795 bits per heavy atom. The number of carbonyl (C=O) groups excluding carboxylic acids is 1. The first-order valence-corrected chi connectivity index (χ1v) is 12.3. The van der Waals surface area contributed by atoms with Crippen LogP contribution in [0.1, 0.15) is 38.6 Å². The highest BCUT2D eigenvalue weighted by molar-refractivity contribution is 5.91. The lowest BCUT2D eigenvalue weighted by Gasteiger charge is -2.22. The number of halogens is 3. The molecule has 3 aromatic carbocycles. The lowest BCUT2D eigenvalue weighted by molar-refractivity contribution is -0.137. The fourth-order valence-electron chi connectivity index (χ4n) is 4.18. The molecule has 0 aliphatic heterocycles. The molecule has 0 aliphatic carbocycles. The number of carbonyl (C=O) groups is 1. The predicted molar refractivity (Wildman–Crippen MR) is 140 cm³/mol. The first kappa shape index (κ1) is 27.8. The van der Waals surface area contributed by atoms with E-state index in [9.17, 15) is 18.0 Å². The molecule has 0 saturated carbocycles. The summed E-state index contributed by atoms with van der Waals surface area (Å²) in [6, 6.07) is 23.9. The van der Waals surface area contributed by atoms with Crippen LogP contribution >= 0.6 is 0 Å². The van der Waals surface area contributed by atoms with Crippen LogP contribution in [0.4, 0.5) is 13.2 Å². The van der Waals surface area contributed by atoms with Gasteiger partial charge in [-0.25, -0.2) is 0 Å². The van der Waals surface area contributed by atoms with Crippen molar-refractivity contribution in [3.63, 3.8) is 0 Å². The highest BCUT2D eigenvalue weighted by Crippen LogP contribution is 2.30. The van der Waals surface area contributed by atoms with Gasteiger partial charge in [-0.05, 0) is 53.1 Å². The van der Waals surface area contributed by atoms with Crippen molar-refractivity contribution < 1.29 is 31.9 Å². The Kier molecular flexibility index (Phi) is 8.93. The lowest BCUT2D eigenvalue weighted by atomic mass is 10.1. The van der Waals surface area contributed by atoms with Crippen molar-refractivity contribution in [2.45, 2.75) is 32.4 Å². The van der Waals surface area contributed by atoms with E-state index in [0.29, 0.717) is 42.5 Å². The molecule has 1 amide bonds. The Labute approximate surface area is 225 Å². The Bertz CT molecular complexity index is 1390. The average molecular weight is 539 g/mol. The minimum absolute atomic E-state index is 0.0573. The molecular weight excluding hydrogens is 509 g/mol. The Hall–Kier alpha value is -4.24.